The maximum Gasteiger partial charge on any atom is 0.139 e. The number of nitrogens with zero attached hydrogens (tertiary/aromatic N) is 4. The summed E-state index contributed by atoms with van der Waals surface area (Å²) in [4.78, 5) is 1.27. The van der Waals surface area contributed by atoms with E-state index >= 15 is 0 Å². The summed E-state index contributed by atoms with van der Waals surface area (Å²) in [5.41, 5.74) is 12.9. The van der Waals surface area contributed by atoms with Crippen LogP contribution in [0.15, 0.2) is 191 Å². The van der Waals surface area contributed by atoms with E-state index < -0.39 is 0 Å². The number of nitrogens with one attached hydrogen (secondary N) is 2. The minimum absolute atomic E-state index is 0.637. The third kappa shape index (κ3) is 6.76. The third-order valence-corrected chi connectivity index (χ3v) is 10.1. The molecule has 0 aliphatic carbocycles. The Morgan fingerprint density at radius 3 is 1.11 bits per heavy atom. The smallest absolute Gasteiger partial charge is 0.139 e. The Morgan fingerprint density at radius 2 is 0.741 bits per heavy atom. The maximum absolute atomic E-state index is 6.14. The Balaban J connectivity index is 1.22. The van der Waals surface area contributed by atoms with E-state index in [2.05, 4.69) is 71.3 Å². The van der Waals surface area contributed by atoms with E-state index in [-0.39, 0.29) is 0 Å². The zero-order chi connectivity index (χ0) is 37.0. The predicted molar refractivity (Wildman–Crippen MR) is 235 cm³/mol. The van der Waals surface area contributed by atoms with Gasteiger partial charge >= 0.3 is 0 Å². The summed E-state index contributed by atoms with van der Waals surface area (Å²) in [5.74, 6) is 0. The van der Waals surface area contributed by atoms with Crippen LogP contribution >= 0.6 is 24.4 Å². The molecule has 0 atom stereocenters. The highest BCUT2D eigenvalue weighted by atomic mass is 32.1. The average molecular weight is 737 g/mol. The van der Waals surface area contributed by atoms with E-state index in [0.717, 1.165) is 79.0 Å². The monoisotopic (exact) mass is 736 g/mol. The molecule has 0 saturated carbocycles. The van der Waals surface area contributed by atoms with Gasteiger partial charge in [0.25, 0.3) is 0 Å². The molecule has 2 aliphatic heterocycles. The number of hydrogen-bond donors (Lipinski definition) is 2. The average Bonchev–Trinajstić information content (AvgIpc) is 3.69. The van der Waals surface area contributed by atoms with E-state index in [1.54, 1.807) is 0 Å². The first-order chi connectivity index (χ1) is 26.5. The van der Waals surface area contributed by atoms with E-state index in [1.807, 2.05) is 133 Å². The van der Waals surface area contributed by atoms with Crippen LogP contribution in [-0.4, -0.2) is 21.4 Å². The maximum atomic E-state index is 6.14. The number of hydrogen-bond acceptors (Lipinski definition) is 6. The molecule has 8 rings (SSSR count). The number of anilines is 4. The van der Waals surface area contributed by atoms with Crippen LogP contribution in [-0.2, 0) is 0 Å². The van der Waals surface area contributed by atoms with Gasteiger partial charge in [-0.15, -0.1) is 0 Å². The van der Waals surface area contributed by atoms with Gasteiger partial charge in [-0.05, 0) is 61.4 Å². The number of thiocarbonyl (C=S) groups is 2. The van der Waals surface area contributed by atoms with Gasteiger partial charge in [-0.2, -0.15) is 10.2 Å². The minimum atomic E-state index is 0.637. The van der Waals surface area contributed by atoms with Crippen LogP contribution in [0.25, 0.3) is 22.5 Å². The first-order valence-corrected chi connectivity index (χ1v) is 18.5. The van der Waals surface area contributed by atoms with Gasteiger partial charge in [-0.25, -0.2) is 10.0 Å². The van der Waals surface area contributed by atoms with Crippen molar-refractivity contribution in [2.24, 2.45) is 10.2 Å². The molecule has 0 unspecified atom stereocenters. The number of benzene rings is 6. The molecule has 0 fully saturated rings. The van der Waals surface area contributed by atoms with Crippen molar-refractivity contribution in [3.8, 4) is 11.1 Å². The number of para-hydroxylation sites is 4. The Morgan fingerprint density at radius 1 is 0.426 bits per heavy atom. The lowest BCUT2D eigenvalue weighted by molar-refractivity contribution is 1.17. The van der Waals surface area contributed by atoms with E-state index in [0.29, 0.717) is 9.98 Å². The molecule has 262 valence electrons. The van der Waals surface area contributed by atoms with Crippen molar-refractivity contribution in [3.05, 3.63) is 192 Å². The van der Waals surface area contributed by atoms with Crippen molar-refractivity contribution < 1.29 is 0 Å². The molecule has 2 aliphatic rings. The number of rotatable bonds is 9. The second-order valence-corrected chi connectivity index (χ2v) is 13.6. The summed E-state index contributed by atoms with van der Waals surface area (Å²) < 4.78 is 0. The van der Waals surface area contributed by atoms with Gasteiger partial charge in [0.1, 0.15) is 9.98 Å². The zero-order valence-electron chi connectivity index (χ0n) is 29.8. The Labute approximate surface area is 326 Å². The molecule has 0 spiro atoms. The SMILES string of the molecule is CC1=NN(c2ccccc2)C(=S)C1=C(Nc1ccccc1-c1ccccc1NC(=C1C(=S)N(c2ccccc2)N=C1C)c1ccccc1)c1ccccc1. The standard InChI is InChI=1S/C46H36N6S2/c1-31-41(45(53)51(49-31)35-23-11-5-12-24-35)43(33-19-7-3-8-20-33)47-39-29-17-15-27-37(39)38-28-16-18-30-40(38)48-44(34-21-9-4-10-22-34)42-32(2)50-52(46(42)54)36-25-13-6-14-26-36/h3-30,47-48H,1-2H3. The van der Waals surface area contributed by atoms with Crippen molar-refractivity contribution >= 4 is 80.0 Å². The molecular formula is C46H36N6S2. The van der Waals surface area contributed by atoms with Crippen LogP contribution < -0.4 is 20.7 Å². The van der Waals surface area contributed by atoms with Crippen LogP contribution in [0.2, 0.25) is 0 Å². The fraction of sp³-hybridized carbons (Fsp3) is 0.0435. The van der Waals surface area contributed by atoms with Crippen LogP contribution in [0.5, 0.6) is 0 Å². The summed E-state index contributed by atoms with van der Waals surface area (Å²) in [6, 6.07) is 57.3. The Hall–Kier alpha value is -6.48. The molecule has 0 bridgehead atoms. The first kappa shape index (κ1) is 34.6. The Kier molecular flexibility index (Phi) is 9.77. The van der Waals surface area contributed by atoms with Crippen molar-refractivity contribution in [3.63, 3.8) is 0 Å². The van der Waals surface area contributed by atoms with Gasteiger partial charge in [-0.1, -0.05) is 158 Å². The lowest BCUT2D eigenvalue weighted by Gasteiger charge is -2.22. The van der Waals surface area contributed by atoms with Crippen molar-refractivity contribution in [1.29, 1.82) is 0 Å². The lowest BCUT2D eigenvalue weighted by atomic mass is 9.98. The third-order valence-electron chi connectivity index (χ3n) is 9.33. The molecule has 6 nitrogen and oxygen atoms in total. The second kappa shape index (κ2) is 15.2. The molecule has 0 aromatic heterocycles. The topological polar surface area (TPSA) is 55.3 Å². The first-order valence-electron chi connectivity index (χ1n) is 17.7. The largest absolute Gasteiger partial charge is 0.354 e. The zero-order valence-corrected chi connectivity index (χ0v) is 31.4. The van der Waals surface area contributed by atoms with E-state index in [4.69, 9.17) is 34.6 Å². The summed E-state index contributed by atoms with van der Waals surface area (Å²) >= 11 is 12.3. The molecule has 54 heavy (non-hydrogen) atoms. The highest BCUT2D eigenvalue weighted by Gasteiger charge is 2.31. The highest BCUT2D eigenvalue weighted by Crippen LogP contribution is 2.39. The molecule has 8 heteroatoms. The molecule has 0 saturated heterocycles. The van der Waals surface area contributed by atoms with Gasteiger partial charge in [0.2, 0.25) is 0 Å². The molecule has 0 radical (unpaired) electrons. The Bertz CT molecular complexity index is 2310. The number of hydrazone groups is 2. The molecule has 0 amide bonds. The fourth-order valence-corrected chi connectivity index (χ4v) is 7.56. The van der Waals surface area contributed by atoms with Crippen LogP contribution in [0.1, 0.15) is 25.0 Å². The summed E-state index contributed by atoms with van der Waals surface area (Å²) in [7, 11) is 0. The van der Waals surface area contributed by atoms with Gasteiger partial charge in [0.15, 0.2) is 0 Å². The minimum Gasteiger partial charge on any atom is -0.354 e. The van der Waals surface area contributed by atoms with Gasteiger partial charge in [0, 0.05) is 22.5 Å². The molecular weight excluding hydrogens is 701 g/mol. The van der Waals surface area contributed by atoms with E-state index in [1.165, 1.54) is 0 Å². The summed E-state index contributed by atoms with van der Waals surface area (Å²) in [6.45, 7) is 4.02. The predicted octanol–water partition coefficient (Wildman–Crippen LogP) is 11.4. The molecule has 2 N–H and O–H groups in total. The summed E-state index contributed by atoms with van der Waals surface area (Å²) in [5, 5.41) is 21.2. The van der Waals surface area contributed by atoms with E-state index in [9.17, 15) is 0 Å². The van der Waals surface area contributed by atoms with Crippen molar-refractivity contribution in [2.45, 2.75) is 13.8 Å². The van der Waals surface area contributed by atoms with Gasteiger partial charge in [-0.3, -0.25) is 0 Å². The fourth-order valence-electron chi connectivity index (χ4n) is 6.77. The van der Waals surface area contributed by atoms with Gasteiger partial charge in [0.05, 0.1) is 45.3 Å². The van der Waals surface area contributed by atoms with Crippen LogP contribution in [0.3, 0.4) is 0 Å². The van der Waals surface area contributed by atoms with Crippen LogP contribution in [0, 0.1) is 0 Å². The van der Waals surface area contributed by atoms with Crippen LogP contribution in [0.4, 0.5) is 22.7 Å². The normalized spacial score (nSPS) is 15.9. The quantitative estimate of drug-likeness (QED) is 0.114. The summed E-state index contributed by atoms with van der Waals surface area (Å²) in [6.07, 6.45) is 0. The molecule has 6 aromatic rings. The second-order valence-electron chi connectivity index (χ2n) is 12.8. The highest BCUT2D eigenvalue weighted by molar-refractivity contribution is 7.81. The molecule has 2 heterocycles. The van der Waals surface area contributed by atoms with Gasteiger partial charge < -0.3 is 10.6 Å². The molecule has 6 aromatic carbocycles. The lowest BCUT2D eigenvalue weighted by Crippen LogP contribution is -2.21. The van der Waals surface area contributed by atoms with Crippen molar-refractivity contribution in [2.75, 3.05) is 20.7 Å². The van der Waals surface area contributed by atoms with Crippen molar-refractivity contribution in [1.82, 2.24) is 0 Å².